The molecule has 0 saturated carbocycles. The van der Waals surface area contributed by atoms with Gasteiger partial charge in [-0.1, -0.05) is 22.0 Å². The number of aliphatic imine (C=N–C) groups is 1. The molecule has 7 nitrogen and oxygen atoms in total. The minimum Gasteiger partial charge on any atom is -0.492 e. The summed E-state index contributed by atoms with van der Waals surface area (Å²) in [4.78, 5) is 17.9. The standard InChI is InChI=1S/C19H25BrN6O/c1-2-21-18(24-9-14-27-17-6-3-5-16(20)15-17)25-10-12-26(13-11-25)19-22-7-4-8-23-19/h3-8,15H,2,9-14H2,1H3,(H,21,24). The fourth-order valence-corrected chi connectivity index (χ4v) is 3.25. The molecule has 1 aromatic heterocycles. The highest BCUT2D eigenvalue weighted by Crippen LogP contribution is 2.17. The minimum absolute atomic E-state index is 0.545. The second-order valence-electron chi connectivity index (χ2n) is 6.06. The van der Waals surface area contributed by atoms with E-state index < -0.39 is 0 Å². The molecule has 1 N–H and O–H groups in total. The van der Waals surface area contributed by atoms with E-state index in [9.17, 15) is 0 Å². The largest absolute Gasteiger partial charge is 0.492 e. The van der Waals surface area contributed by atoms with Crippen LogP contribution in [0, 0.1) is 0 Å². The second kappa shape index (κ2) is 10.1. The number of rotatable bonds is 6. The number of anilines is 1. The fourth-order valence-electron chi connectivity index (χ4n) is 2.87. The molecule has 1 aromatic carbocycles. The van der Waals surface area contributed by atoms with Crippen molar-refractivity contribution in [1.82, 2.24) is 20.2 Å². The number of guanidine groups is 1. The Labute approximate surface area is 168 Å². The lowest BCUT2D eigenvalue weighted by molar-refractivity contribution is 0.325. The lowest BCUT2D eigenvalue weighted by Gasteiger charge is -2.36. The molecule has 0 aliphatic carbocycles. The van der Waals surface area contributed by atoms with E-state index in [1.807, 2.05) is 30.3 Å². The van der Waals surface area contributed by atoms with Crippen LogP contribution in [0.2, 0.25) is 0 Å². The van der Waals surface area contributed by atoms with Crippen molar-refractivity contribution in [2.75, 3.05) is 50.8 Å². The third-order valence-corrected chi connectivity index (χ3v) is 4.66. The van der Waals surface area contributed by atoms with Crippen molar-refractivity contribution in [3.8, 4) is 5.75 Å². The normalized spacial score (nSPS) is 15.0. The van der Waals surface area contributed by atoms with Gasteiger partial charge in [0.2, 0.25) is 5.95 Å². The molecule has 0 unspecified atom stereocenters. The first-order valence-electron chi connectivity index (χ1n) is 9.20. The topological polar surface area (TPSA) is 65.9 Å². The summed E-state index contributed by atoms with van der Waals surface area (Å²) in [6, 6.07) is 9.69. The van der Waals surface area contributed by atoms with Gasteiger partial charge in [-0.25, -0.2) is 15.0 Å². The van der Waals surface area contributed by atoms with Crippen molar-refractivity contribution in [2.24, 2.45) is 4.99 Å². The molecule has 1 saturated heterocycles. The summed E-state index contributed by atoms with van der Waals surface area (Å²) in [5, 5.41) is 3.38. The maximum atomic E-state index is 5.77. The minimum atomic E-state index is 0.545. The summed E-state index contributed by atoms with van der Waals surface area (Å²) in [6.45, 7) is 7.61. The Morgan fingerprint density at radius 2 is 1.96 bits per heavy atom. The number of piperazine rings is 1. The van der Waals surface area contributed by atoms with E-state index in [1.54, 1.807) is 12.4 Å². The first-order valence-corrected chi connectivity index (χ1v) is 9.99. The molecule has 0 atom stereocenters. The number of hydrogen-bond donors (Lipinski definition) is 1. The van der Waals surface area contributed by atoms with Crippen molar-refractivity contribution in [1.29, 1.82) is 0 Å². The van der Waals surface area contributed by atoms with Gasteiger partial charge >= 0.3 is 0 Å². The average Bonchev–Trinajstić information content (AvgIpc) is 2.71. The van der Waals surface area contributed by atoms with Gasteiger partial charge in [-0.15, -0.1) is 0 Å². The molecule has 8 heteroatoms. The highest BCUT2D eigenvalue weighted by atomic mass is 79.9. The van der Waals surface area contributed by atoms with Crippen molar-refractivity contribution in [2.45, 2.75) is 6.92 Å². The zero-order chi connectivity index (χ0) is 18.9. The first kappa shape index (κ1) is 19.4. The molecular formula is C19H25BrN6O. The van der Waals surface area contributed by atoms with Crippen molar-refractivity contribution >= 4 is 27.8 Å². The molecule has 1 aliphatic rings. The predicted molar refractivity (Wildman–Crippen MR) is 111 cm³/mol. The Hall–Kier alpha value is -2.35. The highest BCUT2D eigenvalue weighted by molar-refractivity contribution is 9.10. The van der Waals surface area contributed by atoms with Gasteiger partial charge < -0.3 is 19.9 Å². The molecule has 3 rings (SSSR count). The smallest absolute Gasteiger partial charge is 0.225 e. The lowest BCUT2D eigenvalue weighted by atomic mass is 10.3. The number of benzene rings is 1. The van der Waals surface area contributed by atoms with E-state index in [-0.39, 0.29) is 0 Å². The van der Waals surface area contributed by atoms with E-state index in [4.69, 9.17) is 9.73 Å². The molecule has 1 fully saturated rings. The van der Waals surface area contributed by atoms with Gasteiger partial charge in [0.05, 0.1) is 6.54 Å². The molecular weight excluding hydrogens is 408 g/mol. The number of halogens is 1. The molecule has 0 radical (unpaired) electrons. The number of hydrogen-bond acceptors (Lipinski definition) is 5. The molecule has 1 aliphatic heterocycles. The molecule has 0 bridgehead atoms. The van der Waals surface area contributed by atoms with Gasteiger partial charge in [0, 0.05) is 49.6 Å². The number of nitrogens with one attached hydrogen (secondary N) is 1. The average molecular weight is 433 g/mol. The number of aromatic nitrogens is 2. The molecule has 0 spiro atoms. The Morgan fingerprint density at radius 3 is 2.67 bits per heavy atom. The molecule has 0 amide bonds. The summed E-state index contributed by atoms with van der Waals surface area (Å²) in [5.41, 5.74) is 0. The third kappa shape index (κ3) is 5.82. The summed E-state index contributed by atoms with van der Waals surface area (Å²) in [6.07, 6.45) is 3.57. The van der Waals surface area contributed by atoms with Gasteiger partial charge in [-0.2, -0.15) is 0 Å². The van der Waals surface area contributed by atoms with Crippen LogP contribution in [0.25, 0.3) is 0 Å². The van der Waals surface area contributed by atoms with Crippen LogP contribution in [0.15, 0.2) is 52.2 Å². The van der Waals surface area contributed by atoms with Crippen LogP contribution >= 0.6 is 15.9 Å². The second-order valence-corrected chi connectivity index (χ2v) is 6.98. The van der Waals surface area contributed by atoms with Crippen molar-refractivity contribution in [3.63, 3.8) is 0 Å². The van der Waals surface area contributed by atoms with Crippen LogP contribution in [-0.2, 0) is 0 Å². The van der Waals surface area contributed by atoms with E-state index in [0.717, 1.165) is 54.9 Å². The SMILES string of the molecule is CCNC(=NCCOc1cccc(Br)c1)N1CCN(c2ncccn2)CC1. The van der Waals surface area contributed by atoms with Gasteiger partial charge in [-0.3, -0.25) is 0 Å². The van der Waals surface area contributed by atoms with Crippen molar-refractivity contribution < 1.29 is 4.74 Å². The quantitative estimate of drug-likeness (QED) is 0.429. The van der Waals surface area contributed by atoms with Gasteiger partial charge in [0.25, 0.3) is 0 Å². The van der Waals surface area contributed by atoms with Crippen LogP contribution in [0.4, 0.5) is 5.95 Å². The first-order chi connectivity index (χ1) is 13.3. The third-order valence-electron chi connectivity index (χ3n) is 4.17. The maximum absolute atomic E-state index is 5.77. The lowest BCUT2D eigenvalue weighted by Crippen LogP contribution is -2.53. The van der Waals surface area contributed by atoms with E-state index in [1.165, 1.54) is 0 Å². The van der Waals surface area contributed by atoms with E-state index >= 15 is 0 Å². The Balaban J connectivity index is 1.50. The summed E-state index contributed by atoms with van der Waals surface area (Å²) >= 11 is 3.45. The molecule has 144 valence electrons. The zero-order valence-electron chi connectivity index (χ0n) is 15.5. The van der Waals surface area contributed by atoms with E-state index in [0.29, 0.717) is 13.2 Å². The summed E-state index contributed by atoms with van der Waals surface area (Å²) < 4.78 is 6.78. The maximum Gasteiger partial charge on any atom is 0.225 e. The van der Waals surface area contributed by atoms with Crippen LogP contribution in [-0.4, -0.2) is 66.7 Å². The zero-order valence-corrected chi connectivity index (χ0v) is 17.1. The highest BCUT2D eigenvalue weighted by Gasteiger charge is 2.20. The summed E-state index contributed by atoms with van der Waals surface area (Å²) in [7, 11) is 0. The number of ether oxygens (including phenoxy) is 1. The van der Waals surface area contributed by atoms with Gasteiger partial charge in [0.1, 0.15) is 12.4 Å². The van der Waals surface area contributed by atoms with Crippen LogP contribution in [0.3, 0.4) is 0 Å². The summed E-state index contributed by atoms with van der Waals surface area (Å²) in [5.74, 6) is 2.58. The Morgan fingerprint density at radius 1 is 1.19 bits per heavy atom. The van der Waals surface area contributed by atoms with Crippen molar-refractivity contribution in [3.05, 3.63) is 47.2 Å². The molecule has 2 aromatic rings. The fraction of sp³-hybridized carbons (Fsp3) is 0.421. The monoisotopic (exact) mass is 432 g/mol. The number of nitrogens with zero attached hydrogens (tertiary/aromatic N) is 5. The van der Waals surface area contributed by atoms with Gasteiger partial charge in [0.15, 0.2) is 5.96 Å². The van der Waals surface area contributed by atoms with Crippen LogP contribution in [0.1, 0.15) is 6.92 Å². The molecule has 2 heterocycles. The van der Waals surface area contributed by atoms with Crippen LogP contribution in [0.5, 0.6) is 5.75 Å². The van der Waals surface area contributed by atoms with Crippen LogP contribution < -0.4 is 15.0 Å². The van der Waals surface area contributed by atoms with Gasteiger partial charge in [-0.05, 0) is 31.2 Å². The Kier molecular flexibility index (Phi) is 7.27. The predicted octanol–water partition coefficient (Wildman–Crippen LogP) is 2.41. The molecule has 27 heavy (non-hydrogen) atoms. The van der Waals surface area contributed by atoms with E-state index in [2.05, 4.69) is 47.9 Å². The Bertz CT molecular complexity index is 734.